The first kappa shape index (κ1) is 15.0. The van der Waals surface area contributed by atoms with Crippen LogP contribution in [0.2, 0.25) is 0 Å². The molecule has 0 bridgehead atoms. The number of hydrogen-bond donors (Lipinski definition) is 1. The Hall–Kier alpha value is -1.09. The van der Waals surface area contributed by atoms with Crippen LogP contribution in [-0.4, -0.2) is 18.1 Å². The van der Waals surface area contributed by atoms with Crippen LogP contribution in [0.25, 0.3) is 0 Å². The second kappa shape index (κ2) is 6.74. The number of rotatable bonds is 6. The van der Waals surface area contributed by atoms with Gasteiger partial charge in [-0.2, -0.15) is 0 Å². The fourth-order valence-corrected chi connectivity index (χ4v) is 2.00. The maximum absolute atomic E-state index is 5.78. The average Bonchev–Trinajstić information content (AvgIpc) is 2.34. The molecule has 2 N–H and O–H groups in total. The van der Waals surface area contributed by atoms with Gasteiger partial charge in [-0.05, 0) is 36.5 Å². The molecule has 0 unspecified atom stereocenters. The van der Waals surface area contributed by atoms with E-state index >= 15 is 0 Å². The molecule has 18 heavy (non-hydrogen) atoms. The highest BCUT2D eigenvalue weighted by Crippen LogP contribution is 2.20. The van der Waals surface area contributed by atoms with E-state index in [9.17, 15) is 0 Å². The van der Waals surface area contributed by atoms with E-state index in [-0.39, 0.29) is 0 Å². The third-order valence-corrected chi connectivity index (χ3v) is 3.01. The minimum atomic E-state index is 0.438. The maximum atomic E-state index is 5.78. The van der Waals surface area contributed by atoms with E-state index < -0.39 is 0 Å². The first-order chi connectivity index (χ1) is 8.47. The van der Waals surface area contributed by atoms with Crippen molar-refractivity contribution in [3.8, 4) is 0 Å². The van der Waals surface area contributed by atoms with Gasteiger partial charge in [0, 0.05) is 25.3 Å². The van der Waals surface area contributed by atoms with E-state index in [0.29, 0.717) is 18.4 Å². The minimum Gasteiger partial charge on any atom is -0.357 e. The summed E-state index contributed by atoms with van der Waals surface area (Å²) < 4.78 is 0. The zero-order chi connectivity index (χ0) is 13.7. The zero-order valence-corrected chi connectivity index (χ0v) is 12.4. The van der Waals surface area contributed by atoms with Gasteiger partial charge in [0.25, 0.3) is 0 Å². The molecule has 0 saturated carbocycles. The summed E-state index contributed by atoms with van der Waals surface area (Å²) in [5.74, 6) is 2.14. The number of hydrogen-bond acceptors (Lipinski definition) is 3. The topological polar surface area (TPSA) is 42.1 Å². The average molecular weight is 249 g/mol. The first-order valence-electron chi connectivity index (χ1n) is 6.93. The largest absolute Gasteiger partial charge is 0.357 e. The second-order valence-corrected chi connectivity index (χ2v) is 5.55. The Bertz CT molecular complexity index is 372. The number of nitrogens with zero attached hydrogens (tertiary/aromatic N) is 2. The molecule has 1 aromatic rings. The minimum absolute atomic E-state index is 0.438. The highest BCUT2D eigenvalue weighted by Gasteiger charge is 2.11. The molecule has 3 heteroatoms. The summed E-state index contributed by atoms with van der Waals surface area (Å²) in [6.45, 7) is 13.6. The smallest absolute Gasteiger partial charge is 0.129 e. The van der Waals surface area contributed by atoms with Gasteiger partial charge in [-0.15, -0.1) is 0 Å². The summed E-state index contributed by atoms with van der Waals surface area (Å²) in [5.41, 5.74) is 8.09. The van der Waals surface area contributed by atoms with Crippen LogP contribution < -0.4 is 10.6 Å². The molecule has 0 spiro atoms. The fourth-order valence-electron chi connectivity index (χ4n) is 2.00. The third-order valence-electron chi connectivity index (χ3n) is 3.01. The summed E-state index contributed by atoms with van der Waals surface area (Å²) in [6, 6.07) is 4.25. The third kappa shape index (κ3) is 3.98. The van der Waals surface area contributed by atoms with Crippen LogP contribution >= 0.6 is 0 Å². The molecule has 3 nitrogen and oxygen atoms in total. The van der Waals surface area contributed by atoms with E-state index in [1.165, 1.54) is 5.56 Å². The predicted molar refractivity (Wildman–Crippen MR) is 78.9 cm³/mol. The Balaban J connectivity index is 3.08. The lowest BCUT2D eigenvalue weighted by atomic mass is 10.1. The molecule has 0 radical (unpaired) electrons. The molecular weight excluding hydrogens is 222 g/mol. The molecule has 0 saturated heterocycles. The van der Waals surface area contributed by atoms with Crippen molar-refractivity contribution >= 4 is 5.82 Å². The molecule has 1 aromatic heterocycles. The van der Waals surface area contributed by atoms with Crippen LogP contribution in [0.15, 0.2) is 12.1 Å². The number of pyridine rings is 1. The van der Waals surface area contributed by atoms with Crippen molar-refractivity contribution in [1.82, 2.24) is 4.98 Å². The van der Waals surface area contributed by atoms with Crippen molar-refractivity contribution in [3.63, 3.8) is 0 Å². The van der Waals surface area contributed by atoms with Gasteiger partial charge in [0.2, 0.25) is 0 Å². The van der Waals surface area contributed by atoms with E-state index in [1.54, 1.807) is 0 Å². The maximum Gasteiger partial charge on any atom is 0.129 e. The van der Waals surface area contributed by atoms with Gasteiger partial charge >= 0.3 is 0 Å². The summed E-state index contributed by atoms with van der Waals surface area (Å²) in [7, 11) is 0. The van der Waals surface area contributed by atoms with Gasteiger partial charge < -0.3 is 10.6 Å². The molecule has 0 aliphatic heterocycles. The van der Waals surface area contributed by atoms with E-state index in [1.807, 2.05) is 0 Å². The quantitative estimate of drug-likeness (QED) is 0.842. The molecular formula is C15H27N3. The van der Waals surface area contributed by atoms with Gasteiger partial charge in [0.1, 0.15) is 5.82 Å². The van der Waals surface area contributed by atoms with Gasteiger partial charge in [0.15, 0.2) is 0 Å². The van der Waals surface area contributed by atoms with Crippen LogP contribution in [0.5, 0.6) is 0 Å². The molecule has 1 rings (SSSR count). The summed E-state index contributed by atoms with van der Waals surface area (Å²) in [5, 5.41) is 0. The highest BCUT2D eigenvalue weighted by atomic mass is 15.2. The SMILES string of the molecule is CCN(CC(C)C)c1cc(CN)cc(C(C)C)n1. The standard InChI is InChI=1S/C15H27N3/c1-6-18(10-11(2)3)15-8-13(9-16)7-14(17-15)12(4)5/h7-8,11-12H,6,9-10,16H2,1-5H3. The lowest BCUT2D eigenvalue weighted by molar-refractivity contribution is 0.612. The second-order valence-electron chi connectivity index (χ2n) is 5.55. The first-order valence-corrected chi connectivity index (χ1v) is 6.93. The Morgan fingerprint density at radius 2 is 1.89 bits per heavy atom. The molecule has 0 amide bonds. The van der Waals surface area contributed by atoms with Crippen molar-refractivity contribution in [3.05, 3.63) is 23.4 Å². The summed E-state index contributed by atoms with van der Waals surface area (Å²) >= 11 is 0. The van der Waals surface area contributed by atoms with E-state index in [2.05, 4.69) is 51.7 Å². The van der Waals surface area contributed by atoms with Gasteiger partial charge in [-0.1, -0.05) is 27.7 Å². The van der Waals surface area contributed by atoms with Crippen molar-refractivity contribution in [1.29, 1.82) is 0 Å². The monoisotopic (exact) mass is 249 g/mol. The van der Waals surface area contributed by atoms with Crippen LogP contribution in [0.4, 0.5) is 5.82 Å². The van der Waals surface area contributed by atoms with Crippen molar-refractivity contribution in [2.75, 3.05) is 18.0 Å². The molecule has 102 valence electrons. The number of nitrogens with two attached hydrogens (primary N) is 1. The number of aromatic nitrogens is 1. The van der Waals surface area contributed by atoms with Crippen LogP contribution in [0, 0.1) is 5.92 Å². The molecule has 0 aromatic carbocycles. The molecule has 0 fully saturated rings. The van der Waals surface area contributed by atoms with Crippen LogP contribution in [0.3, 0.4) is 0 Å². The molecule has 0 aliphatic carbocycles. The van der Waals surface area contributed by atoms with E-state index in [4.69, 9.17) is 10.7 Å². The Labute approximate surface area is 111 Å². The lowest BCUT2D eigenvalue weighted by Crippen LogP contribution is -2.28. The predicted octanol–water partition coefficient (Wildman–Crippen LogP) is 3.15. The normalized spacial score (nSPS) is 11.3. The van der Waals surface area contributed by atoms with Crippen molar-refractivity contribution < 1.29 is 0 Å². The summed E-state index contributed by atoms with van der Waals surface area (Å²) in [6.07, 6.45) is 0. The van der Waals surface area contributed by atoms with Crippen molar-refractivity contribution in [2.24, 2.45) is 11.7 Å². The van der Waals surface area contributed by atoms with Gasteiger partial charge in [0.05, 0.1) is 0 Å². The molecule has 1 heterocycles. The fraction of sp³-hybridized carbons (Fsp3) is 0.667. The zero-order valence-electron chi connectivity index (χ0n) is 12.4. The Kier molecular flexibility index (Phi) is 5.60. The Morgan fingerprint density at radius 1 is 1.22 bits per heavy atom. The van der Waals surface area contributed by atoms with Gasteiger partial charge in [-0.25, -0.2) is 4.98 Å². The highest BCUT2D eigenvalue weighted by molar-refractivity contribution is 5.43. The summed E-state index contributed by atoms with van der Waals surface area (Å²) in [4.78, 5) is 7.10. The van der Waals surface area contributed by atoms with Crippen LogP contribution in [-0.2, 0) is 6.54 Å². The van der Waals surface area contributed by atoms with Crippen LogP contribution in [0.1, 0.15) is 51.8 Å². The lowest BCUT2D eigenvalue weighted by Gasteiger charge is -2.25. The Morgan fingerprint density at radius 3 is 2.33 bits per heavy atom. The van der Waals surface area contributed by atoms with E-state index in [0.717, 1.165) is 24.6 Å². The van der Waals surface area contributed by atoms with Gasteiger partial charge in [-0.3, -0.25) is 0 Å². The van der Waals surface area contributed by atoms with Crippen molar-refractivity contribution in [2.45, 2.75) is 47.1 Å². The molecule has 0 atom stereocenters. The number of anilines is 1. The molecule has 0 aliphatic rings.